The van der Waals surface area contributed by atoms with Crippen molar-refractivity contribution in [2.45, 2.75) is 58.0 Å². The lowest BCUT2D eigenvalue weighted by molar-refractivity contribution is -0.140. The number of halogens is 4. The molecular weight excluding hydrogens is 488 g/mol. The van der Waals surface area contributed by atoms with Crippen LogP contribution < -0.4 is 5.32 Å². The van der Waals surface area contributed by atoms with Crippen LogP contribution >= 0.6 is 35.3 Å². The number of rotatable bonds is 4. The molecule has 3 rings (SSSR count). The summed E-state index contributed by atoms with van der Waals surface area (Å²) in [6.07, 6.45) is 3.92. The molecule has 1 saturated heterocycles. The smallest absolute Gasteiger partial charge is 0.357 e. The average Bonchev–Trinajstić information content (AvgIpc) is 3.22. The summed E-state index contributed by atoms with van der Waals surface area (Å²) in [7, 11) is 0. The first kappa shape index (κ1) is 22.7. The minimum Gasteiger partial charge on any atom is -0.357 e. The molecule has 0 unspecified atom stereocenters. The molecule has 2 fully saturated rings. The lowest BCUT2D eigenvalue weighted by Gasteiger charge is -2.33. The minimum absolute atomic E-state index is 0. The Hall–Kier alpha value is -0.580. The summed E-state index contributed by atoms with van der Waals surface area (Å²) in [6, 6.07) is 0. The molecule has 0 bridgehead atoms. The standard InChI is InChI=1S/C18H27F3N4S.HI/c1-2-22-16(25-11-9-17(13-25)7-4-3-5-8-17)23-10-6-15-24-14(12-26-15)18(19,20)21;/h12H,2-11,13H2,1H3,(H,22,23);1H. The van der Waals surface area contributed by atoms with E-state index >= 15 is 0 Å². The van der Waals surface area contributed by atoms with Gasteiger partial charge in [-0.25, -0.2) is 4.98 Å². The quantitative estimate of drug-likeness (QED) is 0.350. The van der Waals surface area contributed by atoms with Crippen LogP contribution in [0.15, 0.2) is 10.4 Å². The molecule has 1 aromatic rings. The molecule has 1 N–H and O–H groups in total. The molecule has 0 atom stereocenters. The van der Waals surface area contributed by atoms with Crippen molar-refractivity contribution in [3.63, 3.8) is 0 Å². The van der Waals surface area contributed by atoms with Gasteiger partial charge in [0.1, 0.15) is 0 Å². The van der Waals surface area contributed by atoms with Gasteiger partial charge in [0.2, 0.25) is 0 Å². The predicted molar refractivity (Wildman–Crippen MR) is 114 cm³/mol. The number of thiazole rings is 1. The van der Waals surface area contributed by atoms with Crippen molar-refractivity contribution in [1.82, 2.24) is 15.2 Å². The second-order valence-electron chi connectivity index (χ2n) is 7.34. The van der Waals surface area contributed by atoms with Crippen LogP contribution in [0.1, 0.15) is 56.2 Å². The van der Waals surface area contributed by atoms with Gasteiger partial charge >= 0.3 is 6.18 Å². The molecule has 1 spiro atoms. The highest BCUT2D eigenvalue weighted by Gasteiger charge is 2.39. The van der Waals surface area contributed by atoms with Crippen LogP contribution in [0.25, 0.3) is 0 Å². The Morgan fingerprint density at radius 2 is 2.04 bits per heavy atom. The van der Waals surface area contributed by atoms with E-state index in [0.717, 1.165) is 42.3 Å². The summed E-state index contributed by atoms with van der Waals surface area (Å²) in [6.45, 7) is 5.35. The number of alkyl halides is 3. The van der Waals surface area contributed by atoms with E-state index in [1.165, 1.54) is 38.5 Å². The third kappa shape index (κ3) is 5.95. The number of nitrogens with one attached hydrogen (secondary N) is 1. The van der Waals surface area contributed by atoms with Crippen LogP contribution in [-0.2, 0) is 12.6 Å². The average molecular weight is 516 g/mol. The highest BCUT2D eigenvalue weighted by atomic mass is 127. The molecule has 1 aliphatic carbocycles. The van der Waals surface area contributed by atoms with E-state index < -0.39 is 11.9 Å². The van der Waals surface area contributed by atoms with Crippen LogP contribution in [0, 0.1) is 5.41 Å². The van der Waals surface area contributed by atoms with Gasteiger partial charge in [-0.05, 0) is 31.6 Å². The zero-order valence-corrected chi connectivity index (χ0v) is 18.8. The van der Waals surface area contributed by atoms with Crippen molar-refractivity contribution in [2.75, 3.05) is 26.2 Å². The van der Waals surface area contributed by atoms with Gasteiger partial charge in [-0.3, -0.25) is 4.99 Å². The Kier molecular flexibility index (Phi) is 8.20. The number of aliphatic imine (C=N–C) groups is 1. The molecule has 1 aliphatic heterocycles. The molecule has 0 radical (unpaired) electrons. The SMILES string of the molecule is CCNC(=NCCc1nc(C(F)(F)F)cs1)N1CCC2(CCCCC2)C1.I. The topological polar surface area (TPSA) is 40.5 Å². The van der Waals surface area contributed by atoms with Gasteiger partial charge in [0.05, 0.1) is 5.01 Å². The van der Waals surface area contributed by atoms with Crippen molar-refractivity contribution < 1.29 is 13.2 Å². The van der Waals surface area contributed by atoms with E-state index in [4.69, 9.17) is 0 Å². The molecule has 2 aliphatic rings. The van der Waals surface area contributed by atoms with Crippen molar-refractivity contribution in [2.24, 2.45) is 10.4 Å². The fourth-order valence-electron chi connectivity index (χ4n) is 4.06. The summed E-state index contributed by atoms with van der Waals surface area (Å²) < 4.78 is 37.9. The zero-order chi connectivity index (χ0) is 18.6. The molecule has 0 amide bonds. The first-order chi connectivity index (χ1) is 12.4. The second kappa shape index (κ2) is 9.76. The fraction of sp³-hybridized carbons (Fsp3) is 0.778. The molecule has 154 valence electrons. The Morgan fingerprint density at radius 3 is 2.67 bits per heavy atom. The Bertz CT molecular complexity index is 626. The van der Waals surface area contributed by atoms with E-state index in [0.29, 0.717) is 23.4 Å². The number of nitrogens with zero attached hydrogens (tertiary/aromatic N) is 3. The lowest BCUT2D eigenvalue weighted by atomic mass is 9.73. The van der Waals surface area contributed by atoms with E-state index in [1.54, 1.807) is 0 Å². The van der Waals surface area contributed by atoms with E-state index in [9.17, 15) is 13.2 Å². The van der Waals surface area contributed by atoms with Crippen molar-refractivity contribution in [3.8, 4) is 0 Å². The van der Waals surface area contributed by atoms with E-state index in [-0.39, 0.29) is 24.0 Å². The molecule has 1 aromatic heterocycles. The van der Waals surface area contributed by atoms with Crippen LogP contribution in [0.5, 0.6) is 0 Å². The van der Waals surface area contributed by atoms with Gasteiger partial charge in [-0.1, -0.05) is 19.3 Å². The number of guanidine groups is 1. The van der Waals surface area contributed by atoms with Crippen LogP contribution in [-0.4, -0.2) is 42.0 Å². The summed E-state index contributed by atoms with van der Waals surface area (Å²) in [5, 5.41) is 4.91. The molecular formula is C18H28F3IN4S. The van der Waals surface area contributed by atoms with Crippen molar-refractivity contribution in [1.29, 1.82) is 0 Å². The maximum atomic E-state index is 12.6. The van der Waals surface area contributed by atoms with Gasteiger partial charge in [0.25, 0.3) is 0 Å². The van der Waals surface area contributed by atoms with Gasteiger partial charge in [-0.15, -0.1) is 35.3 Å². The van der Waals surface area contributed by atoms with E-state index in [1.807, 2.05) is 6.92 Å². The number of likely N-dealkylation sites (tertiary alicyclic amines) is 1. The van der Waals surface area contributed by atoms with Gasteiger partial charge in [0, 0.05) is 38.0 Å². The molecule has 9 heteroatoms. The highest BCUT2D eigenvalue weighted by molar-refractivity contribution is 14.0. The Balaban J connectivity index is 0.00000261. The third-order valence-electron chi connectivity index (χ3n) is 5.42. The minimum atomic E-state index is -4.36. The van der Waals surface area contributed by atoms with Gasteiger partial charge < -0.3 is 10.2 Å². The van der Waals surface area contributed by atoms with Crippen molar-refractivity contribution in [3.05, 3.63) is 16.1 Å². The molecule has 1 saturated carbocycles. The van der Waals surface area contributed by atoms with E-state index in [2.05, 4.69) is 20.2 Å². The van der Waals surface area contributed by atoms with Crippen LogP contribution in [0.4, 0.5) is 13.2 Å². The molecule has 0 aromatic carbocycles. The van der Waals surface area contributed by atoms with Gasteiger partial charge in [-0.2, -0.15) is 13.2 Å². The summed E-state index contributed by atoms with van der Waals surface area (Å²) in [4.78, 5) is 10.7. The molecule has 4 nitrogen and oxygen atoms in total. The molecule has 2 heterocycles. The first-order valence-corrected chi connectivity index (χ1v) is 10.3. The first-order valence-electron chi connectivity index (χ1n) is 9.47. The Labute approximate surface area is 180 Å². The monoisotopic (exact) mass is 516 g/mol. The second-order valence-corrected chi connectivity index (χ2v) is 8.28. The van der Waals surface area contributed by atoms with Gasteiger partial charge in [0.15, 0.2) is 11.7 Å². The largest absolute Gasteiger partial charge is 0.434 e. The number of hydrogen-bond donors (Lipinski definition) is 1. The normalized spacial score (nSPS) is 20.0. The summed E-state index contributed by atoms with van der Waals surface area (Å²) >= 11 is 1.06. The maximum Gasteiger partial charge on any atom is 0.434 e. The summed E-state index contributed by atoms with van der Waals surface area (Å²) in [5.74, 6) is 0.891. The predicted octanol–water partition coefficient (Wildman–Crippen LogP) is 4.94. The number of aromatic nitrogens is 1. The third-order valence-corrected chi connectivity index (χ3v) is 6.32. The fourth-order valence-corrected chi connectivity index (χ4v) is 4.86. The highest BCUT2D eigenvalue weighted by Crippen LogP contribution is 2.43. The molecule has 27 heavy (non-hydrogen) atoms. The summed E-state index contributed by atoms with van der Waals surface area (Å²) in [5.41, 5.74) is -0.349. The number of hydrogen-bond acceptors (Lipinski definition) is 3. The maximum absolute atomic E-state index is 12.6. The Morgan fingerprint density at radius 1 is 1.30 bits per heavy atom. The lowest BCUT2D eigenvalue weighted by Crippen LogP contribution is -2.41. The van der Waals surface area contributed by atoms with Crippen LogP contribution in [0.3, 0.4) is 0 Å². The van der Waals surface area contributed by atoms with Crippen LogP contribution in [0.2, 0.25) is 0 Å². The zero-order valence-electron chi connectivity index (χ0n) is 15.6. The van der Waals surface area contributed by atoms with Crippen molar-refractivity contribution >= 4 is 41.3 Å².